The second-order valence-electron chi connectivity index (χ2n) is 10.2. The van der Waals surface area contributed by atoms with Crippen LogP contribution < -0.4 is 0 Å². The number of fused-ring (bicyclic) bond motifs is 1. The molecule has 3 heteroatoms. The van der Waals surface area contributed by atoms with Crippen molar-refractivity contribution in [3.05, 3.63) is 30.6 Å². The van der Waals surface area contributed by atoms with Gasteiger partial charge in [-0.3, -0.25) is 4.68 Å². The van der Waals surface area contributed by atoms with Crippen molar-refractivity contribution in [1.29, 1.82) is 0 Å². The van der Waals surface area contributed by atoms with Crippen molar-refractivity contribution < 1.29 is 5.11 Å². The van der Waals surface area contributed by atoms with Gasteiger partial charge in [-0.25, -0.2) is 0 Å². The maximum absolute atomic E-state index is 10.3. The number of aliphatic hydroxyl groups excluding tert-OH is 1. The van der Waals surface area contributed by atoms with Gasteiger partial charge >= 0.3 is 0 Å². The number of hydrogen-bond acceptors (Lipinski definition) is 2. The lowest BCUT2D eigenvalue weighted by molar-refractivity contribution is -0.0871. The van der Waals surface area contributed by atoms with E-state index in [0.29, 0.717) is 22.7 Å². The summed E-state index contributed by atoms with van der Waals surface area (Å²) in [4.78, 5) is 0. The topological polar surface area (TPSA) is 38.0 Å². The minimum Gasteiger partial charge on any atom is -0.393 e. The molecule has 3 aliphatic carbocycles. The van der Waals surface area contributed by atoms with Gasteiger partial charge in [-0.05, 0) is 85.5 Å². The first kappa shape index (κ1) is 19.2. The summed E-state index contributed by atoms with van der Waals surface area (Å²) in [7, 11) is 0. The summed E-state index contributed by atoms with van der Waals surface area (Å²) < 4.78 is 2.17. The van der Waals surface area contributed by atoms with Gasteiger partial charge in [0.15, 0.2) is 0 Å². The highest BCUT2D eigenvalue weighted by Gasteiger charge is 2.56. The zero-order valence-corrected chi connectivity index (χ0v) is 17.5. The van der Waals surface area contributed by atoms with Crippen LogP contribution in [0.3, 0.4) is 0 Å². The zero-order chi connectivity index (χ0) is 19.2. The van der Waals surface area contributed by atoms with E-state index in [9.17, 15) is 5.11 Å². The van der Waals surface area contributed by atoms with Gasteiger partial charge in [0.25, 0.3) is 0 Å². The molecule has 3 fully saturated rings. The lowest BCUT2D eigenvalue weighted by atomic mass is 9.49. The summed E-state index contributed by atoms with van der Waals surface area (Å²) in [6.07, 6.45) is 13.4. The average Bonchev–Trinajstić information content (AvgIpc) is 3.26. The average molecular weight is 371 g/mol. The van der Waals surface area contributed by atoms with Crippen LogP contribution >= 0.6 is 0 Å². The van der Waals surface area contributed by atoms with Gasteiger partial charge in [-0.15, -0.1) is 0 Å². The molecule has 27 heavy (non-hydrogen) atoms. The predicted octanol–water partition coefficient (Wildman–Crippen LogP) is 5.46. The maximum Gasteiger partial charge on any atom is 0.0543 e. The first-order valence-corrected chi connectivity index (χ1v) is 11.2. The zero-order valence-electron chi connectivity index (χ0n) is 17.5. The summed E-state index contributed by atoms with van der Waals surface area (Å²) >= 11 is 0. The number of nitrogens with zero attached hydrogens (tertiary/aromatic N) is 2. The van der Waals surface area contributed by atoms with Crippen LogP contribution in [0.4, 0.5) is 0 Å². The van der Waals surface area contributed by atoms with E-state index in [0.717, 1.165) is 31.2 Å². The molecule has 1 aromatic rings. The van der Waals surface area contributed by atoms with Crippen molar-refractivity contribution in [3.63, 3.8) is 0 Å². The number of aromatic nitrogens is 2. The lowest BCUT2D eigenvalue weighted by Crippen LogP contribution is -2.51. The largest absolute Gasteiger partial charge is 0.393 e. The Morgan fingerprint density at radius 1 is 1.22 bits per heavy atom. The molecule has 0 amide bonds. The molecule has 0 unspecified atom stereocenters. The van der Waals surface area contributed by atoms with Crippen LogP contribution in [-0.4, -0.2) is 21.0 Å². The van der Waals surface area contributed by atoms with Crippen LogP contribution in [-0.2, 0) is 6.54 Å². The van der Waals surface area contributed by atoms with Gasteiger partial charge in [0, 0.05) is 18.9 Å². The molecule has 1 heterocycles. The van der Waals surface area contributed by atoms with E-state index < -0.39 is 0 Å². The predicted molar refractivity (Wildman–Crippen MR) is 110 cm³/mol. The van der Waals surface area contributed by atoms with E-state index in [1.54, 1.807) is 0 Å². The van der Waals surface area contributed by atoms with E-state index in [-0.39, 0.29) is 6.10 Å². The molecule has 4 rings (SSSR count). The van der Waals surface area contributed by atoms with Crippen molar-refractivity contribution in [3.8, 4) is 0 Å². The smallest absolute Gasteiger partial charge is 0.0543 e. The van der Waals surface area contributed by atoms with E-state index in [1.165, 1.54) is 44.1 Å². The SMILES string of the molecule is C=C1CC[C@H]2[C@H](Cn3cccn3)[C@@H]([C@@]3(C)CC[C@H](O)C[C@@H]3CC)CC[C@]12C. The third-order valence-electron chi connectivity index (χ3n) is 9.19. The third-order valence-corrected chi connectivity index (χ3v) is 9.19. The van der Waals surface area contributed by atoms with Crippen molar-refractivity contribution in [1.82, 2.24) is 9.78 Å². The van der Waals surface area contributed by atoms with Crippen LogP contribution in [0.15, 0.2) is 30.6 Å². The van der Waals surface area contributed by atoms with Crippen LogP contribution in [0.25, 0.3) is 0 Å². The molecule has 0 aliphatic heterocycles. The molecule has 0 saturated heterocycles. The Morgan fingerprint density at radius 3 is 2.74 bits per heavy atom. The molecule has 1 N–H and O–H groups in total. The first-order chi connectivity index (χ1) is 12.9. The Morgan fingerprint density at radius 2 is 2.04 bits per heavy atom. The quantitative estimate of drug-likeness (QED) is 0.715. The Kier molecular flexibility index (Phi) is 5.03. The molecule has 0 spiro atoms. The van der Waals surface area contributed by atoms with Gasteiger partial charge in [0.05, 0.1) is 6.10 Å². The second-order valence-corrected chi connectivity index (χ2v) is 10.2. The standard InChI is InChI=1S/C24H38N2O/c1-5-18-15-19(27)9-11-24(18,4)22-10-12-23(3)17(2)7-8-21(23)20(22)16-26-14-6-13-25-26/h6,13-14,18-22,27H,2,5,7-12,15-16H2,1,3-4H3/t18-,19-,20-,21-,22-,23+,24-/m0/s1. The highest BCUT2D eigenvalue weighted by molar-refractivity contribution is 5.20. The van der Waals surface area contributed by atoms with E-state index in [4.69, 9.17) is 0 Å². The summed E-state index contributed by atoms with van der Waals surface area (Å²) in [5.41, 5.74) is 2.16. The van der Waals surface area contributed by atoms with Crippen LogP contribution in [0.5, 0.6) is 0 Å². The molecular weight excluding hydrogens is 332 g/mol. The number of allylic oxidation sites excluding steroid dienone is 1. The van der Waals surface area contributed by atoms with Gasteiger partial charge in [-0.2, -0.15) is 5.10 Å². The molecule has 1 aromatic heterocycles. The summed E-state index contributed by atoms with van der Waals surface area (Å²) in [5.74, 6) is 2.76. The summed E-state index contributed by atoms with van der Waals surface area (Å²) in [5, 5.41) is 14.9. The van der Waals surface area contributed by atoms with Gasteiger partial charge in [-0.1, -0.05) is 39.3 Å². The van der Waals surface area contributed by atoms with Crippen LogP contribution in [0.2, 0.25) is 0 Å². The maximum atomic E-state index is 10.3. The van der Waals surface area contributed by atoms with E-state index >= 15 is 0 Å². The Labute approximate surface area is 165 Å². The van der Waals surface area contributed by atoms with Crippen molar-refractivity contribution in [2.75, 3.05) is 0 Å². The number of hydrogen-bond donors (Lipinski definition) is 1. The van der Waals surface area contributed by atoms with Crippen molar-refractivity contribution in [2.45, 2.75) is 84.8 Å². The van der Waals surface area contributed by atoms with Crippen LogP contribution in [0, 0.1) is 34.5 Å². The first-order valence-electron chi connectivity index (χ1n) is 11.2. The van der Waals surface area contributed by atoms with Crippen molar-refractivity contribution >= 4 is 0 Å². The highest BCUT2D eigenvalue weighted by atomic mass is 16.3. The Bertz CT molecular complexity index is 668. The molecule has 150 valence electrons. The van der Waals surface area contributed by atoms with E-state index in [2.05, 4.69) is 49.4 Å². The number of aliphatic hydroxyl groups is 1. The van der Waals surface area contributed by atoms with E-state index in [1.807, 2.05) is 6.20 Å². The molecule has 3 saturated carbocycles. The molecular formula is C24H38N2O. The molecule has 0 aromatic carbocycles. The summed E-state index contributed by atoms with van der Waals surface area (Å²) in [6, 6.07) is 2.05. The fraction of sp³-hybridized carbons (Fsp3) is 0.792. The lowest BCUT2D eigenvalue weighted by Gasteiger charge is -2.57. The van der Waals surface area contributed by atoms with Gasteiger partial charge in [0.1, 0.15) is 0 Å². The Balaban J connectivity index is 1.68. The van der Waals surface area contributed by atoms with Crippen molar-refractivity contribution in [2.24, 2.45) is 34.5 Å². The fourth-order valence-electron chi connectivity index (χ4n) is 7.41. The van der Waals surface area contributed by atoms with Gasteiger partial charge < -0.3 is 5.11 Å². The monoisotopic (exact) mass is 370 g/mol. The molecule has 3 nitrogen and oxygen atoms in total. The summed E-state index contributed by atoms with van der Waals surface area (Å²) in [6.45, 7) is 12.9. The minimum atomic E-state index is -0.0901. The fourth-order valence-corrected chi connectivity index (χ4v) is 7.41. The molecule has 3 aliphatic rings. The van der Waals surface area contributed by atoms with Gasteiger partial charge in [0.2, 0.25) is 0 Å². The molecule has 7 atom stereocenters. The number of rotatable bonds is 4. The Hall–Kier alpha value is -1.09. The normalized spacial score (nSPS) is 45.0. The second kappa shape index (κ2) is 7.06. The highest BCUT2D eigenvalue weighted by Crippen LogP contribution is 2.64. The minimum absolute atomic E-state index is 0.0901. The third kappa shape index (κ3) is 3.10. The molecule has 0 radical (unpaired) electrons. The molecule has 0 bridgehead atoms. The van der Waals surface area contributed by atoms with Crippen LogP contribution in [0.1, 0.15) is 72.1 Å².